The third kappa shape index (κ3) is 1.68. The van der Waals surface area contributed by atoms with E-state index in [9.17, 15) is 0 Å². The van der Waals surface area contributed by atoms with E-state index in [1.807, 2.05) is 18.2 Å². The van der Waals surface area contributed by atoms with E-state index in [0.717, 1.165) is 5.75 Å². The van der Waals surface area contributed by atoms with Gasteiger partial charge in [-0.3, -0.25) is 0 Å². The Morgan fingerprint density at radius 1 is 1.33 bits per heavy atom. The summed E-state index contributed by atoms with van der Waals surface area (Å²) in [6.45, 7) is 2.06. The van der Waals surface area contributed by atoms with Crippen LogP contribution in [-0.4, -0.2) is 0 Å². The van der Waals surface area contributed by atoms with Gasteiger partial charge in [-0.25, -0.2) is 0 Å². The van der Waals surface area contributed by atoms with Gasteiger partial charge < -0.3 is 0 Å². The van der Waals surface area contributed by atoms with E-state index in [4.69, 9.17) is 2.64 Å². The van der Waals surface area contributed by atoms with Crippen LogP contribution in [0.15, 0.2) is 24.3 Å². The van der Waals surface area contributed by atoms with Gasteiger partial charge in [0, 0.05) is 0 Å². The van der Waals surface area contributed by atoms with Gasteiger partial charge in [0.2, 0.25) is 0 Å². The Morgan fingerprint density at radius 3 is 2.44 bits per heavy atom. The van der Waals surface area contributed by atoms with Crippen molar-refractivity contribution in [3.05, 3.63) is 29.8 Å². The summed E-state index contributed by atoms with van der Waals surface area (Å²) in [5, 5.41) is 0. The molecular formula is C7H7HgO. The van der Waals surface area contributed by atoms with E-state index in [1.165, 1.54) is 5.56 Å². The van der Waals surface area contributed by atoms with Crippen LogP contribution in [0.2, 0.25) is 0 Å². The molecule has 2 heteroatoms. The number of hydrogen-bond acceptors (Lipinski definition) is 1. The fourth-order valence-corrected chi connectivity index (χ4v) is 1.98. The van der Waals surface area contributed by atoms with Gasteiger partial charge in [-0.05, 0) is 0 Å². The second-order valence-electron chi connectivity index (χ2n) is 1.91. The molecule has 1 aromatic carbocycles. The van der Waals surface area contributed by atoms with Gasteiger partial charge in [0.1, 0.15) is 0 Å². The Hall–Kier alpha value is -0.0449. The van der Waals surface area contributed by atoms with E-state index >= 15 is 0 Å². The van der Waals surface area contributed by atoms with E-state index in [1.54, 1.807) is 0 Å². The molecule has 0 spiro atoms. The first-order valence-electron chi connectivity index (χ1n) is 2.82. The van der Waals surface area contributed by atoms with Gasteiger partial charge in [-0.1, -0.05) is 0 Å². The summed E-state index contributed by atoms with van der Waals surface area (Å²) >= 11 is 0.412. The van der Waals surface area contributed by atoms with Crippen LogP contribution in [0.4, 0.5) is 0 Å². The van der Waals surface area contributed by atoms with E-state index in [0.29, 0.717) is 26.6 Å². The zero-order valence-electron chi connectivity index (χ0n) is 5.42. The van der Waals surface area contributed by atoms with Crippen LogP contribution in [0.1, 0.15) is 5.56 Å². The fourth-order valence-electron chi connectivity index (χ4n) is 0.718. The second kappa shape index (κ2) is 3.21. The van der Waals surface area contributed by atoms with E-state index < -0.39 is 0 Å². The van der Waals surface area contributed by atoms with Crippen LogP contribution in [-0.2, 0) is 26.6 Å². The molecule has 1 rings (SSSR count). The molecule has 0 saturated carbocycles. The van der Waals surface area contributed by atoms with Gasteiger partial charge >= 0.3 is 71.7 Å². The van der Waals surface area contributed by atoms with Crippen molar-refractivity contribution in [2.75, 3.05) is 0 Å². The Labute approximate surface area is 71.7 Å². The van der Waals surface area contributed by atoms with Crippen LogP contribution < -0.4 is 2.64 Å². The molecule has 0 aromatic heterocycles. The molecule has 0 heterocycles. The Balaban J connectivity index is 3.01. The van der Waals surface area contributed by atoms with Gasteiger partial charge in [0.15, 0.2) is 0 Å². The van der Waals surface area contributed by atoms with Crippen molar-refractivity contribution in [3.63, 3.8) is 0 Å². The molecule has 1 aromatic rings. The van der Waals surface area contributed by atoms with Crippen molar-refractivity contribution >= 4 is 0 Å². The first kappa shape index (κ1) is 7.07. The maximum atomic E-state index is 5.24. The minimum atomic E-state index is 0.412. The van der Waals surface area contributed by atoms with Crippen LogP contribution >= 0.6 is 0 Å². The SMILES string of the molecule is Cc1ccccc1[O][Hg]. The molecule has 0 aliphatic rings. The Bertz CT molecular complexity index is 198. The molecule has 0 bridgehead atoms. The van der Waals surface area contributed by atoms with E-state index in [-0.39, 0.29) is 0 Å². The summed E-state index contributed by atoms with van der Waals surface area (Å²) in [6.07, 6.45) is 0. The van der Waals surface area contributed by atoms with Crippen LogP contribution in [0, 0.1) is 6.92 Å². The first-order valence-corrected chi connectivity index (χ1v) is 5.06. The zero-order chi connectivity index (χ0) is 6.69. The molecule has 0 N–H and O–H groups in total. The summed E-state index contributed by atoms with van der Waals surface area (Å²) < 4.78 is 5.24. The van der Waals surface area contributed by atoms with Gasteiger partial charge in [0.05, 0.1) is 0 Å². The normalized spacial score (nSPS) is 9.22. The van der Waals surface area contributed by atoms with Crippen molar-refractivity contribution in [1.29, 1.82) is 0 Å². The third-order valence-corrected chi connectivity index (χ3v) is 2.46. The minimum absolute atomic E-state index is 0.412. The molecule has 0 saturated heterocycles. The number of rotatable bonds is 1. The monoisotopic (exact) mass is 309 g/mol. The summed E-state index contributed by atoms with van der Waals surface area (Å²) in [5.41, 5.74) is 1.23. The number of benzene rings is 1. The molecule has 1 nitrogen and oxygen atoms in total. The molecule has 0 fully saturated rings. The number of aryl methyl sites for hydroxylation is 1. The van der Waals surface area contributed by atoms with Crippen molar-refractivity contribution < 1.29 is 29.2 Å². The molecule has 0 amide bonds. The molecule has 9 heavy (non-hydrogen) atoms. The average molecular weight is 308 g/mol. The summed E-state index contributed by atoms with van der Waals surface area (Å²) in [4.78, 5) is 0. The predicted octanol–water partition coefficient (Wildman–Crippen LogP) is 1.84. The van der Waals surface area contributed by atoms with Crippen LogP contribution in [0.5, 0.6) is 5.75 Å². The van der Waals surface area contributed by atoms with E-state index in [2.05, 4.69) is 13.0 Å². The predicted molar refractivity (Wildman–Crippen MR) is 31.8 cm³/mol. The van der Waals surface area contributed by atoms with Crippen LogP contribution in [0.3, 0.4) is 0 Å². The van der Waals surface area contributed by atoms with Gasteiger partial charge in [-0.2, -0.15) is 0 Å². The summed E-state index contributed by atoms with van der Waals surface area (Å²) in [5.74, 6) is 1.04. The molecule has 0 unspecified atom stereocenters. The number of para-hydroxylation sites is 1. The van der Waals surface area contributed by atoms with Gasteiger partial charge in [-0.15, -0.1) is 0 Å². The fraction of sp³-hybridized carbons (Fsp3) is 0.143. The molecule has 0 atom stereocenters. The third-order valence-electron chi connectivity index (χ3n) is 1.25. The molecule has 43 valence electrons. The summed E-state index contributed by atoms with van der Waals surface area (Å²) in [6, 6.07) is 8.07. The second-order valence-corrected chi connectivity index (χ2v) is 3.03. The maximum absolute atomic E-state index is 5.24. The number of hydrogen-bond donors (Lipinski definition) is 0. The Morgan fingerprint density at radius 2 is 2.00 bits per heavy atom. The van der Waals surface area contributed by atoms with Gasteiger partial charge in [0.25, 0.3) is 0 Å². The molecule has 0 radical (unpaired) electrons. The van der Waals surface area contributed by atoms with Crippen molar-refractivity contribution in [1.82, 2.24) is 0 Å². The first-order chi connectivity index (χ1) is 4.34. The quantitative estimate of drug-likeness (QED) is 0.719. The average Bonchev–Trinajstić information content (AvgIpc) is 1.89. The summed E-state index contributed by atoms with van der Waals surface area (Å²) in [7, 11) is 0. The standard InChI is InChI=1S/C7H8O.Hg/c1-6-4-2-3-5-7(6)8;/h2-5,8H,1H3;/q;+1/p-1. The zero-order valence-corrected chi connectivity index (χ0v) is 10.9. The van der Waals surface area contributed by atoms with Crippen molar-refractivity contribution in [3.8, 4) is 5.75 Å². The molecule has 0 aliphatic heterocycles. The topological polar surface area (TPSA) is 9.23 Å². The Kier molecular flexibility index (Phi) is 2.52. The van der Waals surface area contributed by atoms with Crippen molar-refractivity contribution in [2.45, 2.75) is 6.92 Å². The van der Waals surface area contributed by atoms with Crippen LogP contribution in [0.25, 0.3) is 0 Å². The molecule has 0 aliphatic carbocycles. The van der Waals surface area contributed by atoms with Crippen molar-refractivity contribution in [2.24, 2.45) is 0 Å². The molecular weight excluding hydrogens is 301 g/mol.